The SMILES string of the molecule is CCOC(OC)(OC)C(=O)O. The summed E-state index contributed by atoms with van der Waals surface area (Å²) < 4.78 is 13.8. The highest BCUT2D eigenvalue weighted by Gasteiger charge is 2.40. The van der Waals surface area contributed by atoms with Crippen LogP contribution in [0.4, 0.5) is 0 Å². The Kier molecular flexibility index (Phi) is 4.02. The third-order valence-electron chi connectivity index (χ3n) is 1.13. The zero-order chi connectivity index (χ0) is 8.91. The van der Waals surface area contributed by atoms with Crippen LogP contribution in [0.15, 0.2) is 0 Å². The topological polar surface area (TPSA) is 65.0 Å². The second-order valence-electron chi connectivity index (χ2n) is 1.70. The molecule has 5 nitrogen and oxygen atoms in total. The summed E-state index contributed by atoms with van der Waals surface area (Å²) in [5.41, 5.74) is 0. The minimum absolute atomic E-state index is 0.202. The molecule has 66 valence electrons. The number of carboxylic acids is 1. The van der Waals surface area contributed by atoms with Gasteiger partial charge in [0, 0.05) is 14.2 Å². The van der Waals surface area contributed by atoms with Crippen LogP contribution in [0, 0.1) is 0 Å². The molecule has 11 heavy (non-hydrogen) atoms. The molecule has 0 bridgehead atoms. The van der Waals surface area contributed by atoms with Crippen molar-refractivity contribution in [3.05, 3.63) is 0 Å². The van der Waals surface area contributed by atoms with Crippen LogP contribution in [-0.4, -0.2) is 37.9 Å². The minimum Gasteiger partial charge on any atom is -0.475 e. The molecule has 0 unspecified atom stereocenters. The molecule has 0 aromatic carbocycles. The molecule has 0 atom stereocenters. The molecule has 0 aliphatic rings. The van der Waals surface area contributed by atoms with Gasteiger partial charge >= 0.3 is 11.9 Å². The number of carboxylic acid groups (broad SMARTS) is 1. The molecule has 0 fully saturated rings. The highest BCUT2D eigenvalue weighted by atomic mass is 16.9. The fraction of sp³-hybridized carbons (Fsp3) is 0.833. The molecule has 0 spiro atoms. The average molecular weight is 164 g/mol. The Bertz CT molecular complexity index is 129. The zero-order valence-electron chi connectivity index (χ0n) is 6.79. The van der Waals surface area contributed by atoms with Gasteiger partial charge < -0.3 is 19.3 Å². The minimum atomic E-state index is -1.95. The van der Waals surface area contributed by atoms with E-state index in [0.717, 1.165) is 0 Å². The van der Waals surface area contributed by atoms with Crippen molar-refractivity contribution in [2.45, 2.75) is 12.9 Å². The lowest BCUT2D eigenvalue weighted by Crippen LogP contribution is -2.45. The van der Waals surface area contributed by atoms with Gasteiger partial charge in [0.15, 0.2) is 0 Å². The first-order valence-electron chi connectivity index (χ1n) is 3.10. The molecule has 0 rings (SSSR count). The summed E-state index contributed by atoms with van der Waals surface area (Å²) >= 11 is 0. The van der Waals surface area contributed by atoms with Gasteiger partial charge in [-0.1, -0.05) is 0 Å². The van der Waals surface area contributed by atoms with E-state index in [1.807, 2.05) is 0 Å². The first-order valence-corrected chi connectivity index (χ1v) is 3.10. The van der Waals surface area contributed by atoms with Crippen LogP contribution in [0.25, 0.3) is 0 Å². The maximum Gasteiger partial charge on any atom is 0.395 e. The normalized spacial score (nSPS) is 11.5. The smallest absolute Gasteiger partial charge is 0.395 e. The molecule has 0 aliphatic heterocycles. The predicted octanol–water partition coefficient (Wildman–Crippen LogP) is 0.0541. The quantitative estimate of drug-likeness (QED) is 0.582. The van der Waals surface area contributed by atoms with Crippen molar-refractivity contribution in [2.75, 3.05) is 20.8 Å². The van der Waals surface area contributed by atoms with E-state index in [4.69, 9.17) is 9.84 Å². The number of aliphatic carboxylic acids is 1. The van der Waals surface area contributed by atoms with E-state index >= 15 is 0 Å². The van der Waals surface area contributed by atoms with Crippen molar-refractivity contribution in [1.82, 2.24) is 0 Å². The summed E-state index contributed by atoms with van der Waals surface area (Å²) in [7, 11) is 2.40. The first kappa shape index (κ1) is 10.3. The second kappa shape index (κ2) is 4.27. The largest absolute Gasteiger partial charge is 0.475 e. The lowest BCUT2D eigenvalue weighted by molar-refractivity contribution is -0.343. The third kappa shape index (κ3) is 2.14. The van der Waals surface area contributed by atoms with Gasteiger partial charge in [0.25, 0.3) is 0 Å². The molecule has 0 radical (unpaired) electrons. The van der Waals surface area contributed by atoms with Crippen molar-refractivity contribution in [1.29, 1.82) is 0 Å². The van der Waals surface area contributed by atoms with Crippen LogP contribution in [0.1, 0.15) is 6.92 Å². The van der Waals surface area contributed by atoms with Crippen molar-refractivity contribution >= 4 is 5.97 Å². The summed E-state index contributed by atoms with van der Waals surface area (Å²) in [6.45, 7) is 1.85. The van der Waals surface area contributed by atoms with E-state index in [1.165, 1.54) is 14.2 Å². The van der Waals surface area contributed by atoms with Gasteiger partial charge in [0.05, 0.1) is 6.61 Å². The zero-order valence-corrected chi connectivity index (χ0v) is 6.79. The van der Waals surface area contributed by atoms with Crippen LogP contribution in [-0.2, 0) is 19.0 Å². The Morgan fingerprint density at radius 2 is 1.91 bits per heavy atom. The van der Waals surface area contributed by atoms with Crippen LogP contribution < -0.4 is 0 Å². The molecule has 0 heterocycles. The van der Waals surface area contributed by atoms with E-state index in [0.29, 0.717) is 0 Å². The van der Waals surface area contributed by atoms with Crippen LogP contribution in [0.3, 0.4) is 0 Å². The van der Waals surface area contributed by atoms with Gasteiger partial charge in [-0.25, -0.2) is 4.79 Å². The monoisotopic (exact) mass is 164 g/mol. The Balaban J connectivity index is 4.32. The Morgan fingerprint density at radius 3 is 2.00 bits per heavy atom. The number of ether oxygens (including phenoxy) is 3. The molecular formula is C6H12O5. The first-order chi connectivity index (χ1) is 5.13. The Morgan fingerprint density at radius 1 is 1.45 bits per heavy atom. The maximum absolute atomic E-state index is 10.5. The van der Waals surface area contributed by atoms with Crippen molar-refractivity contribution < 1.29 is 24.1 Å². The molecular weight excluding hydrogens is 152 g/mol. The number of methoxy groups -OCH3 is 2. The number of hydrogen-bond donors (Lipinski definition) is 1. The van der Waals surface area contributed by atoms with Gasteiger partial charge in [-0.15, -0.1) is 0 Å². The maximum atomic E-state index is 10.5. The summed E-state index contributed by atoms with van der Waals surface area (Å²) in [5.74, 6) is -3.25. The summed E-state index contributed by atoms with van der Waals surface area (Å²) in [6, 6.07) is 0. The van der Waals surface area contributed by atoms with Gasteiger partial charge in [-0.3, -0.25) is 0 Å². The molecule has 0 aromatic heterocycles. The van der Waals surface area contributed by atoms with E-state index in [9.17, 15) is 4.79 Å². The fourth-order valence-electron chi connectivity index (χ4n) is 0.628. The summed E-state index contributed by atoms with van der Waals surface area (Å²) in [5, 5.41) is 8.58. The lowest BCUT2D eigenvalue weighted by Gasteiger charge is -2.24. The molecule has 5 heteroatoms. The molecule has 0 saturated carbocycles. The van der Waals surface area contributed by atoms with E-state index in [2.05, 4.69) is 9.47 Å². The van der Waals surface area contributed by atoms with Crippen LogP contribution in [0.5, 0.6) is 0 Å². The summed E-state index contributed by atoms with van der Waals surface area (Å²) in [6.07, 6.45) is 0. The molecule has 0 saturated heterocycles. The molecule has 0 amide bonds. The standard InChI is InChI=1S/C6H12O5/c1-4-11-6(9-2,10-3)5(7)8/h4H2,1-3H3,(H,7,8). The Labute approximate surface area is 64.9 Å². The van der Waals surface area contributed by atoms with Gasteiger partial charge in [-0.05, 0) is 6.92 Å². The van der Waals surface area contributed by atoms with Crippen molar-refractivity contribution in [2.24, 2.45) is 0 Å². The number of rotatable bonds is 5. The summed E-state index contributed by atoms with van der Waals surface area (Å²) in [4.78, 5) is 10.5. The van der Waals surface area contributed by atoms with Gasteiger partial charge in [0.1, 0.15) is 0 Å². The fourth-order valence-corrected chi connectivity index (χ4v) is 0.628. The van der Waals surface area contributed by atoms with Crippen LogP contribution in [0.2, 0.25) is 0 Å². The highest BCUT2D eigenvalue weighted by molar-refractivity contribution is 5.73. The lowest BCUT2D eigenvalue weighted by atomic mass is 10.5. The van der Waals surface area contributed by atoms with E-state index < -0.39 is 11.9 Å². The third-order valence-corrected chi connectivity index (χ3v) is 1.13. The number of carbonyl (C=O) groups is 1. The average Bonchev–Trinajstić information content (AvgIpc) is 2.00. The molecule has 0 aliphatic carbocycles. The highest BCUT2D eigenvalue weighted by Crippen LogP contribution is 2.12. The van der Waals surface area contributed by atoms with Crippen molar-refractivity contribution in [3.63, 3.8) is 0 Å². The molecule has 0 aromatic rings. The molecule has 1 N–H and O–H groups in total. The number of hydrogen-bond acceptors (Lipinski definition) is 4. The van der Waals surface area contributed by atoms with Crippen LogP contribution >= 0.6 is 0 Å². The predicted molar refractivity (Wildman–Crippen MR) is 36.0 cm³/mol. The van der Waals surface area contributed by atoms with E-state index in [-0.39, 0.29) is 6.61 Å². The van der Waals surface area contributed by atoms with Gasteiger partial charge in [-0.2, -0.15) is 0 Å². The second-order valence-corrected chi connectivity index (χ2v) is 1.70. The van der Waals surface area contributed by atoms with Gasteiger partial charge in [0.2, 0.25) is 0 Å². The Hall–Kier alpha value is -0.650. The van der Waals surface area contributed by atoms with Crippen molar-refractivity contribution in [3.8, 4) is 0 Å². The van der Waals surface area contributed by atoms with E-state index in [1.54, 1.807) is 6.92 Å².